The molecule has 0 aromatic heterocycles. The summed E-state index contributed by atoms with van der Waals surface area (Å²) in [4.78, 5) is 2.15. The molecule has 1 aromatic rings. The van der Waals surface area contributed by atoms with Gasteiger partial charge in [0.05, 0.1) is 12.2 Å². The highest BCUT2D eigenvalue weighted by Crippen LogP contribution is 2.16. The van der Waals surface area contributed by atoms with Crippen LogP contribution in [0.3, 0.4) is 0 Å². The van der Waals surface area contributed by atoms with Crippen LogP contribution in [-0.4, -0.2) is 54.6 Å². The van der Waals surface area contributed by atoms with Gasteiger partial charge in [-0.25, -0.2) is 4.39 Å². The Bertz CT molecular complexity index is 419. The van der Waals surface area contributed by atoms with Crippen molar-refractivity contribution in [2.24, 2.45) is 0 Å². The van der Waals surface area contributed by atoms with Crippen LogP contribution < -0.4 is 4.74 Å². The van der Waals surface area contributed by atoms with Gasteiger partial charge in [-0.05, 0) is 26.0 Å². The monoisotopic (exact) mass is 283 g/mol. The number of hydrogen-bond donors (Lipinski definition) is 1. The van der Waals surface area contributed by atoms with Gasteiger partial charge in [-0.3, -0.25) is 4.90 Å². The van der Waals surface area contributed by atoms with E-state index in [0.29, 0.717) is 6.54 Å². The van der Waals surface area contributed by atoms with E-state index >= 15 is 0 Å². The standard InChI is InChI=1S/C15H22FNO3/c1-11-7-17(8-12(2)20-11)9-13(18)10-19-15-6-4-3-5-14(15)16/h3-6,11-13,18H,7-10H2,1-2H3/t11-,12+,13-/m0/s1. The Labute approximate surface area is 119 Å². The summed E-state index contributed by atoms with van der Waals surface area (Å²) in [5.41, 5.74) is 0. The first-order valence-electron chi connectivity index (χ1n) is 6.98. The van der Waals surface area contributed by atoms with Gasteiger partial charge < -0.3 is 14.6 Å². The minimum absolute atomic E-state index is 0.0844. The molecule has 1 saturated heterocycles. The highest BCUT2D eigenvalue weighted by molar-refractivity contribution is 5.23. The van der Waals surface area contributed by atoms with Crippen LogP contribution in [0.25, 0.3) is 0 Å². The Morgan fingerprint density at radius 2 is 2.00 bits per heavy atom. The number of morpholine rings is 1. The van der Waals surface area contributed by atoms with Crippen LogP contribution in [0.15, 0.2) is 24.3 Å². The van der Waals surface area contributed by atoms with Crippen molar-refractivity contribution in [3.05, 3.63) is 30.1 Å². The number of benzene rings is 1. The number of halogens is 1. The lowest BCUT2D eigenvalue weighted by Gasteiger charge is -2.36. The Hall–Kier alpha value is -1.17. The zero-order chi connectivity index (χ0) is 14.5. The molecule has 1 heterocycles. The fraction of sp³-hybridized carbons (Fsp3) is 0.600. The maximum Gasteiger partial charge on any atom is 0.165 e. The fourth-order valence-corrected chi connectivity index (χ4v) is 2.53. The van der Waals surface area contributed by atoms with Crippen molar-refractivity contribution in [1.82, 2.24) is 4.90 Å². The summed E-state index contributed by atoms with van der Waals surface area (Å²) in [6.45, 7) is 6.21. The van der Waals surface area contributed by atoms with Gasteiger partial charge in [0.2, 0.25) is 0 Å². The normalized spacial score (nSPS) is 25.4. The van der Waals surface area contributed by atoms with E-state index in [1.807, 2.05) is 13.8 Å². The molecular weight excluding hydrogens is 261 g/mol. The average molecular weight is 283 g/mol. The number of hydrogen-bond acceptors (Lipinski definition) is 4. The van der Waals surface area contributed by atoms with E-state index in [4.69, 9.17) is 9.47 Å². The Balaban J connectivity index is 1.78. The summed E-state index contributed by atoms with van der Waals surface area (Å²) in [6.07, 6.45) is -0.316. The number of aliphatic hydroxyl groups is 1. The molecule has 0 unspecified atom stereocenters. The molecule has 20 heavy (non-hydrogen) atoms. The molecule has 0 amide bonds. The second-order valence-corrected chi connectivity index (χ2v) is 5.37. The Morgan fingerprint density at radius 3 is 2.65 bits per heavy atom. The summed E-state index contributed by atoms with van der Waals surface area (Å²) < 4.78 is 24.3. The summed E-state index contributed by atoms with van der Waals surface area (Å²) in [5.74, 6) is -0.233. The van der Waals surface area contributed by atoms with Gasteiger partial charge in [-0.1, -0.05) is 12.1 Å². The predicted octanol–water partition coefficient (Wildman–Crippen LogP) is 1.67. The van der Waals surface area contributed by atoms with Crippen molar-refractivity contribution in [2.75, 3.05) is 26.2 Å². The number of aliphatic hydroxyl groups excluding tert-OH is 1. The molecule has 0 spiro atoms. The third kappa shape index (κ3) is 4.44. The van der Waals surface area contributed by atoms with Crippen LogP contribution in [0.4, 0.5) is 4.39 Å². The largest absolute Gasteiger partial charge is 0.488 e. The van der Waals surface area contributed by atoms with Gasteiger partial charge in [0, 0.05) is 19.6 Å². The highest BCUT2D eigenvalue weighted by atomic mass is 19.1. The molecule has 1 N–H and O–H groups in total. The highest BCUT2D eigenvalue weighted by Gasteiger charge is 2.24. The molecule has 1 aliphatic rings. The molecule has 4 nitrogen and oxygen atoms in total. The fourth-order valence-electron chi connectivity index (χ4n) is 2.53. The molecule has 0 radical (unpaired) electrons. The van der Waals surface area contributed by atoms with Gasteiger partial charge >= 0.3 is 0 Å². The van der Waals surface area contributed by atoms with Crippen molar-refractivity contribution in [3.63, 3.8) is 0 Å². The van der Waals surface area contributed by atoms with Gasteiger partial charge in [0.25, 0.3) is 0 Å². The lowest BCUT2D eigenvalue weighted by molar-refractivity contribution is -0.0787. The number of para-hydroxylation sites is 1. The van der Waals surface area contributed by atoms with Crippen LogP contribution in [0.2, 0.25) is 0 Å². The Kier molecular flexibility index (Phi) is 5.34. The van der Waals surface area contributed by atoms with E-state index in [1.165, 1.54) is 6.07 Å². The van der Waals surface area contributed by atoms with Gasteiger partial charge in [-0.2, -0.15) is 0 Å². The second-order valence-electron chi connectivity index (χ2n) is 5.37. The first kappa shape index (κ1) is 15.2. The van der Waals surface area contributed by atoms with E-state index in [1.54, 1.807) is 18.2 Å². The average Bonchev–Trinajstić information content (AvgIpc) is 2.36. The SMILES string of the molecule is C[C@@H]1CN(C[C@H](O)COc2ccccc2F)C[C@H](C)O1. The van der Waals surface area contributed by atoms with Crippen LogP contribution in [0, 0.1) is 5.82 Å². The smallest absolute Gasteiger partial charge is 0.165 e. The van der Waals surface area contributed by atoms with Crippen molar-refractivity contribution < 1.29 is 19.0 Å². The topological polar surface area (TPSA) is 41.9 Å². The maximum atomic E-state index is 13.4. The molecule has 0 aliphatic carbocycles. The first-order valence-corrected chi connectivity index (χ1v) is 6.98. The van der Waals surface area contributed by atoms with Crippen molar-refractivity contribution in [3.8, 4) is 5.75 Å². The van der Waals surface area contributed by atoms with E-state index < -0.39 is 11.9 Å². The summed E-state index contributed by atoms with van der Waals surface area (Å²) in [6, 6.07) is 6.21. The summed E-state index contributed by atoms with van der Waals surface area (Å²) in [5, 5.41) is 10.00. The summed E-state index contributed by atoms with van der Waals surface area (Å²) in [7, 11) is 0. The maximum absolute atomic E-state index is 13.4. The number of nitrogens with zero attached hydrogens (tertiary/aromatic N) is 1. The third-order valence-corrected chi connectivity index (χ3v) is 3.23. The zero-order valence-corrected chi connectivity index (χ0v) is 12.0. The molecule has 1 fully saturated rings. The predicted molar refractivity (Wildman–Crippen MR) is 74.4 cm³/mol. The molecule has 1 aromatic carbocycles. The molecule has 5 heteroatoms. The number of rotatable bonds is 5. The zero-order valence-electron chi connectivity index (χ0n) is 12.0. The lowest BCUT2D eigenvalue weighted by Crippen LogP contribution is -2.48. The lowest BCUT2D eigenvalue weighted by atomic mass is 10.2. The van der Waals surface area contributed by atoms with E-state index in [9.17, 15) is 9.50 Å². The third-order valence-electron chi connectivity index (χ3n) is 3.23. The Morgan fingerprint density at radius 1 is 1.35 bits per heavy atom. The van der Waals surface area contributed by atoms with Gasteiger partial charge in [-0.15, -0.1) is 0 Å². The van der Waals surface area contributed by atoms with Crippen molar-refractivity contribution in [1.29, 1.82) is 0 Å². The van der Waals surface area contributed by atoms with E-state index in [2.05, 4.69) is 4.90 Å². The summed E-state index contributed by atoms with van der Waals surface area (Å²) >= 11 is 0. The van der Waals surface area contributed by atoms with Crippen molar-refractivity contribution in [2.45, 2.75) is 32.2 Å². The van der Waals surface area contributed by atoms with Crippen LogP contribution in [0.5, 0.6) is 5.75 Å². The molecule has 2 rings (SSSR count). The first-order chi connectivity index (χ1) is 9.54. The van der Waals surface area contributed by atoms with Crippen LogP contribution >= 0.6 is 0 Å². The number of ether oxygens (including phenoxy) is 2. The molecule has 3 atom stereocenters. The molecule has 0 saturated carbocycles. The van der Waals surface area contributed by atoms with Crippen LogP contribution in [0.1, 0.15) is 13.8 Å². The molecule has 0 bridgehead atoms. The molecule has 1 aliphatic heterocycles. The molecule has 112 valence electrons. The van der Waals surface area contributed by atoms with E-state index in [0.717, 1.165) is 13.1 Å². The van der Waals surface area contributed by atoms with E-state index in [-0.39, 0.29) is 24.6 Å². The van der Waals surface area contributed by atoms with Gasteiger partial charge in [0.15, 0.2) is 11.6 Å². The quantitative estimate of drug-likeness (QED) is 0.892. The van der Waals surface area contributed by atoms with Crippen LogP contribution in [-0.2, 0) is 4.74 Å². The second kappa shape index (κ2) is 7.02. The number of β-amino-alcohol motifs (C(OH)–C–C–N with tert-alkyl or cyclic N) is 1. The minimum Gasteiger partial charge on any atom is -0.488 e. The molecular formula is C15H22FNO3. The van der Waals surface area contributed by atoms with Gasteiger partial charge in [0.1, 0.15) is 12.7 Å². The van der Waals surface area contributed by atoms with Crippen molar-refractivity contribution >= 4 is 0 Å². The minimum atomic E-state index is -0.646.